The number of thiazole rings is 2. The summed E-state index contributed by atoms with van der Waals surface area (Å²) in [5, 5.41) is 6.90. The highest BCUT2D eigenvalue weighted by atomic mass is 32.1. The lowest BCUT2D eigenvalue weighted by Crippen LogP contribution is -2.21. The summed E-state index contributed by atoms with van der Waals surface area (Å²) < 4.78 is 6.88. The molecule has 3 aromatic heterocycles. The molecule has 0 aliphatic rings. The molecule has 4 aromatic rings. The molecule has 1 amide bonds. The second kappa shape index (κ2) is 7.91. The number of esters is 1. The van der Waals surface area contributed by atoms with Gasteiger partial charge in [-0.2, -0.15) is 0 Å². The molecule has 0 unspecified atom stereocenters. The van der Waals surface area contributed by atoms with Crippen LogP contribution in [0.1, 0.15) is 11.3 Å². The molecule has 0 saturated carbocycles. The fourth-order valence-corrected chi connectivity index (χ4v) is 4.00. The van der Waals surface area contributed by atoms with Crippen molar-refractivity contribution in [3.63, 3.8) is 0 Å². The van der Waals surface area contributed by atoms with Gasteiger partial charge >= 0.3 is 5.97 Å². The minimum atomic E-state index is -0.500. The Labute approximate surface area is 168 Å². The average Bonchev–Trinajstić information content (AvgIpc) is 3.37. The van der Waals surface area contributed by atoms with Crippen LogP contribution in [-0.2, 0) is 20.7 Å². The number of carbonyl (C=O) groups is 2. The van der Waals surface area contributed by atoms with Gasteiger partial charge < -0.3 is 4.74 Å². The molecular weight excluding hydrogens is 396 g/mol. The predicted molar refractivity (Wildman–Crippen MR) is 109 cm³/mol. The van der Waals surface area contributed by atoms with Gasteiger partial charge in [-0.15, -0.1) is 22.7 Å². The molecule has 4 rings (SSSR count). The summed E-state index contributed by atoms with van der Waals surface area (Å²) in [7, 11) is 0. The topological polar surface area (TPSA) is 85.6 Å². The van der Waals surface area contributed by atoms with Crippen LogP contribution in [0.4, 0.5) is 5.13 Å². The third-order valence-electron chi connectivity index (χ3n) is 3.93. The van der Waals surface area contributed by atoms with Crippen LogP contribution in [0.25, 0.3) is 16.2 Å². The van der Waals surface area contributed by atoms with Crippen molar-refractivity contribution < 1.29 is 14.3 Å². The van der Waals surface area contributed by atoms with Crippen LogP contribution in [0.3, 0.4) is 0 Å². The number of amides is 1. The number of anilines is 1. The van der Waals surface area contributed by atoms with E-state index < -0.39 is 11.9 Å². The Balaban J connectivity index is 1.27. The molecule has 28 heavy (non-hydrogen) atoms. The van der Waals surface area contributed by atoms with Crippen molar-refractivity contribution in [2.24, 2.45) is 0 Å². The lowest BCUT2D eigenvalue weighted by atomic mass is 10.1. The van der Waals surface area contributed by atoms with E-state index in [4.69, 9.17) is 4.74 Å². The van der Waals surface area contributed by atoms with E-state index in [1.54, 1.807) is 6.20 Å². The van der Waals surface area contributed by atoms with Crippen LogP contribution in [0.5, 0.6) is 0 Å². The molecule has 0 aliphatic carbocycles. The fraction of sp³-hybridized carbons (Fsp3) is 0.158. The number of nitrogens with zero attached hydrogens (tertiary/aromatic N) is 3. The predicted octanol–water partition coefficient (Wildman–Crippen LogP) is 3.55. The van der Waals surface area contributed by atoms with E-state index in [1.807, 2.05) is 52.5 Å². The number of rotatable bonds is 6. The van der Waals surface area contributed by atoms with E-state index in [1.165, 1.54) is 28.2 Å². The van der Waals surface area contributed by atoms with Gasteiger partial charge in [0.2, 0.25) is 0 Å². The largest absolute Gasteiger partial charge is 0.455 e. The molecule has 0 spiro atoms. The molecule has 0 fully saturated rings. The van der Waals surface area contributed by atoms with Gasteiger partial charge in [-0.1, -0.05) is 29.8 Å². The fourth-order valence-electron chi connectivity index (χ4n) is 2.55. The van der Waals surface area contributed by atoms with Crippen molar-refractivity contribution in [2.75, 3.05) is 11.9 Å². The Morgan fingerprint density at radius 2 is 2.00 bits per heavy atom. The highest BCUT2D eigenvalue weighted by Gasteiger charge is 2.13. The molecule has 0 aliphatic heterocycles. The normalized spacial score (nSPS) is 10.9. The SMILES string of the molecule is Cc1ccc(-c2csc(NC(=O)COC(=O)Cc3cn4ccsc4n3)n2)cc1. The summed E-state index contributed by atoms with van der Waals surface area (Å²) in [5.41, 5.74) is 3.55. The van der Waals surface area contributed by atoms with Gasteiger partial charge in [0, 0.05) is 28.7 Å². The van der Waals surface area contributed by atoms with E-state index in [0.29, 0.717) is 10.8 Å². The number of hydrogen-bond acceptors (Lipinski definition) is 7. The standard InChI is InChI=1S/C19H16N4O3S2/c1-12-2-4-13(5-3-12)15-11-28-18(21-15)22-16(24)10-26-17(25)8-14-9-23-6-7-27-19(23)20-14/h2-7,9,11H,8,10H2,1H3,(H,21,22,24). The van der Waals surface area contributed by atoms with Crippen molar-refractivity contribution >= 4 is 44.6 Å². The third-order valence-corrected chi connectivity index (χ3v) is 5.46. The summed E-state index contributed by atoms with van der Waals surface area (Å²) in [4.78, 5) is 33.5. The maximum Gasteiger partial charge on any atom is 0.312 e. The molecule has 1 N–H and O–H groups in total. The van der Waals surface area contributed by atoms with Gasteiger partial charge in [-0.05, 0) is 6.92 Å². The number of imidazole rings is 1. The second-order valence-corrected chi connectivity index (χ2v) is 7.85. The highest BCUT2D eigenvalue weighted by Crippen LogP contribution is 2.25. The molecular formula is C19H16N4O3S2. The Hall–Kier alpha value is -3.04. The first kappa shape index (κ1) is 18.3. The Bertz CT molecular complexity index is 1100. The maximum atomic E-state index is 12.0. The van der Waals surface area contributed by atoms with Crippen LogP contribution >= 0.6 is 22.7 Å². The van der Waals surface area contributed by atoms with E-state index in [9.17, 15) is 9.59 Å². The number of benzene rings is 1. The maximum absolute atomic E-state index is 12.0. The van der Waals surface area contributed by atoms with Gasteiger partial charge in [-0.25, -0.2) is 9.97 Å². The average molecular weight is 412 g/mol. The Morgan fingerprint density at radius 3 is 2.79 bits per heavy atom. The van der Waals surface area contributed by atoms with E-state index in [2.05, 4.69) is 15.3 Å². The van der Waals surface area contributed by atoms with Gasteiger partial charge in [0.05, 0.1) is 17.8 Å². The van der Waals surface area contributed by atoms with E-state index in [0.717, 1.165) is 16.2 Å². The lowest BCUT2D eigenvalue weighted by molar-refractivity contribution is -0.146. The van der Waals surface area contributed by atoms with Crippen LogP contribution in [0.15, 0.2) is 47.4 Å². The molecule has 3 heterocycles. The van der Waals surface area contributed by atoms with E-state index in [-0.39, 0.29) is 13.0 Å². The van der Waals surface area contributed by atoms with Crippen molar-refractivity contribution in [3.8, 4) is 11.3 Å². The minimum Gasteiger partial charge on any atom is -0.455 e. The minimum absolute atomic E-state index is 0.0243. The molecule has 0 radical (unpaired) electrons. The summed E-state index contributed by atoms with van der Waals surface area (Å²) >= 11 is 2.81. The Kier molecular flexibility index (Phi) is 5.18. The second-order valence-electron chi connectivity index (χ2n) is 6.11. The van der Waals surface area contributed by atoms with Crippen molar-refractivity contribution in [3.05, 3.63) is 58.7 Å². The first-order valence-corrected chi connectivity index (χ1v) is 10.2. The summed E-state index contributed by atoms with van der Waals surface area (Å²) in [6.45, 7) is 1.66. The quantitative estimate of drug-likeness (QED) is 0.490. The van der Waals surface area contributed by atoms with Crippen LogP contribution < -0.4 is 5.32 Å². The van der Waals surface area contributed by atoms with Crippen molar-refractivity contribution in [2.45, 2.75) is 13.3 Å². The first-order valence-electron chi connectivity index (χ1n) is 8.46. The van der Waals surface area contributed by atoms with Gasteiger partial charge in [0.25, 0.3) is 5.91 Å². The molecule has 7 nitrogen and oxygen atoms in total. The summed E-state index contributed by atoms with van der Waals surface area (Å²) in [6.07, 6.45) is 3.67. The van der Waals surface area contributed by atoms with Crippen molar-refractivity contribution in [1.82, 2.24) is 14.4 Å². The monoisotopic (exact) mass is 412 g/mol. The zero-order valence-electron chi connectivity index (χ0n) is 14.9. The third kappa shape index (κ3) is 4.26. The van der Waals surface area contributed by atoms with E-state index >= 15 is 0 Å². The van der Waals surface area contributed by atoms with Gasteiger partial charge in [0.1, 0.15) is 0 Å². The molecule has 142 valence electrons. The molecule has 0 bridgehead atoms. The first-order chi connectivity index (χ1) is 13.6. The Morgan fingerprint density at radius 1 is 1.18 bits per heavy atom. The lowest BCUT2D eigenvalue weighted by Gasteiger charge is -2.03. The number of aromatic nitrogens is 3. The van der Waals surface area contributed by atoms with Crippen molar-refractivity contribution in [1.29, 1.82) is 0 Å². The smallest absolute Gasteiger partial charge is 0.312 e. The molecule has 0 saturated heterocycles. The zero-order valence-corrected chi connectivity index (χ0v) is 16.5. The zero-order chi connectivity index (χ0) is 19.5. The number of hydrogen-bond donors (Lipinski definition) is 1. The highest BCUT2D eigenvalue weighted by molar-refractivity contribution is 7.15. The number of fused-ring (bicyclic) bond motifs is 1. The number of nitrogens with one attached hydrogen (secondary N) is 1. The number of carbonyl (C=O) groups excluding carboxylic acids is 2. The van der Waals surface area contributed by atoms with Gasteiger partial charge in [-0.3, -0.25) is 19.3 Å². The number of aryl methyl sites for hydroxylation is 1. The molecule has 9 heteroatoms. The number of ether oxygens (including phenoxy) is 1. The van der Waals surface area contributed by atoms with Crippen LogP contribution in [0, 0.1) is 6.92 Å². The molecule has 1 aromatic carbocycles. The van der Waals surface area contributed by atoms with Crippen LogP contribution in [0.2, 0.25) is 0 Å². The molecule has 0 atom stereocenters. The van der Waals surface area contributed by atoms with Gasteiger partial charge in [0.15, 0.2) is 16.7 Å². The summed E-state index contributed by atoms with van der Waals surface area (Å²) in [6, 6.07) is 7.99. The van der Waals surface area contributed by atoms with Crippen LogP contribution in [-0.4, -0.2) is 32.9 Å². The summed E-state index contributed by atoms with van der Waals surface area (Å²) in [5.74, 6) is -0.927.